The molecule has 6 nitrogen and oxygen atoms in total. The van der Waals surface area contributed by atoms with Crippen molar-refractivity contribution >= 4 is 11.7 Å². The molecular weight excluding hydrogens is 371 g/mol. The number of carbonyl (C=O) groups excluding carboxylic acids is 1. The number of likely N-dealkylation sites (N-methyl/N-ethyl adjacent to an activating group) is 1. The average Bonchev–Trinajstić information content (AvgIpc) is 3.11. The van der Waals surface area contributed by atoms with Gasteiger partial charge in [0.1, 0.15) is 11.4 Å². The third-order valence-corrected chi connectivity index (χ3v) is 5.57. The number of carbonyl (C=O) groups is 1. The van der Waals surface area contributed by atoms with Gasteiger partial charge in [0.25, 0.3) is 5.91 Å². The van der Waals surface area contributed by atoms with E-state index in [9.17, 15) is 18.0 Å². The molecule has 2 aromatic rings. The number of anilines is 1. The Morgan fingerprint density at radius 1 is 1.21 bits per heavy atom. The highest BCUT2D eigenvalue weighted by Crippen LogP contribution is 2.44. The second-order valence-corrected chi connectivity index (χ2v) is 7.50. The van der Waals surface area contributed by atoms with E-state index in [1.807, 2.05) is 6.07 Å². The summed E-state index contributed by atoms with van der Waals surface area (Å²) in [5, 5.41) is 7.09. The lowest BCUT2D eigenvalue weighted by atomic mass is 9.96. The van der Waals surface area contributed by atoms with Gasteiger partial charge in [-0.1, -0.05) is 30.3 Å². The van der Waals surface area contributed by atoms with Crippen LogP contribution in [0.15, 0.2) is 36.5 Å². The van der Waals surface area contributed by atoms with Crippen molar-refractivity contribution in [2.24, 2.45) is 0 Å². The van der Waals surface area contributed by atoms with Crippen LogP contribution in [0.25, 0.3) is 0 Å². The van der Waals surface area contributed by atoms with E-state index in [4.69, 9.17) is 0 Å². The van der Waals surface area contributed by atoms with Gasteiger partial charge < -0.3 is 15.1 Å². The first-order valence-electron chi connectivity index (χ1n) is 9.41. The van der Waals surface area contributed by atoms with Gasteiger partial charge in [-0.25, -0.2) is 4.68 Å². The van der Waals surface area contributed by atoms with Gasteiger partial charge in [-0.05, 0) is 5.56 Å². The summed E-state index contributed by atoms with van der Waals surface area (Å²) in [7, 11) is 2.06. The molecule has 1 aromatic heterocycles. The van der Waals surface area contributed by atoms with Gasteiger partial charge in [-0.15, -0.1) is 0 Å². The monoisotopic (exact) mass is 394 g/mol. The minimum atomic E-state index is -4.45. The first-order valence-corrected chi connectivity index (χ1v) is 9.41. The Labute approximate surface area is 160 Å². The Morgan fingerprint density at radius 3 is 2.54 bits per heavy atom. The van der Waals surface area contributed by atoms with Crippen LogP contribution >= 0.6 is 0 Å². The zero-order valence-corrected chi connectivity index (χ0v) is 15.5. The lowest BCUT2D eigenvalue weighted by Gasteiger charge is -2.34. The van der Waals surface area contributed by atoms with Crippen molar-refractivity contribution in [1.29, 1.82) is 0 Å². The molecule has 0 aliphatic carbocycles. The summed E-state index contributed by atoms with van der Waals surface area (Å²) in [6.07, 6.45) is -3.36. The molecule has 1 amide bonds. The van der Waals surface area contributed by atoms with Gasteiger partial charge in [0.05, 0.1) is 45.5 Å². The third kappa shape index (κ3) is 3.46. The number of quaternary nitrogens is 1. The molecule has 2 N–H and O–H groups in total. The van der Waals surface area contributed by atoms with Crippen molar-refractivity contribution in [1.82, 2.24) is 14.7 Å². The fourth-order valence-electron chi connectivity index (χ4n) is 3.88. The second-order valence-electron chi connectivity index (χ2n) is 7.50. The molecule has 2 aliphatic rings. The standard InChI is InChI=1S/C19H22F3N5O/c1-25-7-9-26(10-8-25)18(28)14-12-23-27-16(19(20,21)22)11-15(24-17(14)27)13-5-3-2-4-6-13/h2-6,12,15-16,24H,7-11H2,1H3/p+1/t15-,16+/m0/s1. The Morgan fingerprint density at radius 2 is 1.89 bits per heavy atom. The minimum absolute atomic E-state index is 0.152. The highest BCUT2D eigenvalue weighted by Gasteiger charge is 2.47. The van der Waals surface area contributed by atoms with E-state index >= 15 is 0 Å². The van der Waals surface area contributed by atoms with Crippen molar-refractivity contribution < 1.29 is 22.9 Å². The van der Waals surface area contributed by atoms with E-state index in [1.165, 1.54) is 11.1 Å². The van der Waals surface area contributed by atoms with Gasteiger partial charge >= 0.3 is 6.18 Å². The smallest absolute Gasteiger partial charge is 0.363 e. The number of hydrogen-bond acceptors (Lipinski definition) is 3. The first-order chi connectivity index (χ1) is 13.3. The molecule has 0 spiro atoms. The van der Waals surface area contributed by atoms with Crippen LogP contribution in [-0.2, 0) is 0 Å². The van der Waals surface area contributed by atoms with Crippen LogP contribution in [0, 0.1) is 0 Å². The number of nitrogens with zero attached hydrogens (tertiary/aromatic N) is 3. The maximum absolute atomic E-state index is 13.7. The number of rotatable bonds is 2. The van der Waals surface area contributed by atoms with Crippen LogP contribution in [-0.4, -0.2) is 60.0 Å². The lowest BCUT2D eigenvalue weighted by Crippen LogP contribution is -3.12. The highest BCUT2D eigenvalue weighted by atomic mass is 19.4. The fraction of sp³-hybridized carbons (Fsp3) is 0.474. The summed E-state index contributed by atoms with van der Waals surface area (Å²) < 4.78 is 42.1. The van der Waals surface area contributed by atoms with Crippen molar-refractivity contribution in [2.75, 3.05) is 38.5 Å². The number of aromatic nitrogens is 2. The molecule has 1 saturated heterocycles. The predicted octanol–water partition coefficient (Wildman–Crippen LogP) is 1.51. The molecule has 4 rings (SSSR count). The van der Waals surface area contributed by atoms with Crippen LogP contribution in [0.2, 0.25) is 0 Å². The molecule has 28 heavy (non-hydrogen) atoms. The molecule has 9 heteroatoms. The van der Waals surface area contributed by atoms with E-state index in [2.05, 4.69) is 17.5 Å². The zero-order chi connectivity index (χ0) is 19.9. The number of nitrogens with one attached hydrogen (secondary N) is 2. The van der Waals surface area contributed by atoms with E-state index in [-0.39, 0.29) is 23.7 Å². The van der Waals surface area contributed by atoms with Gasteiger partial charge in [-0.2, -0.15) is 18.3 Å². The van der Waals surface area contributed by atoms with Gasteiger partial charge in [0.2, 0.25) is 0 Å². The molecule has 150 valence electrons. The molecule has 0 radical (unpaired) electrons. The van der Waals surface area contributed by atoms with E-state index < -0.39 is 18.3 Å². The normalized spacial score (nSPS) is 23.2. The summed E-state index contributed by atoms with van der Waals surface area (Å²) in [5.41, 5.74) is 0.959. The zero-order valence-electron chi connectivity index (χ0n) is 15.5. The number of fused-ring (bicyclic) bond motifs is 1. The Kier molecular flexibility index (Phi) is 4.78. The molecule has 1 aromatic carbocycles. The number of benzene rings is 1. The molecular formula is C19H23F3N5O+. The van der Waals surface area contributed by atoms with E-state index in [0.717, 1.165) is 23.3 Å². The van der Waals surface area contributed by atoms with Crippen molar-refractivity contribution in [3.63, 3.8) is 0 Å². The van der Waals surface area contributed by atoms with Crippen molar-refractivity contribution in [2.45, 2.75) is 24.7 Å². The van der Waals surface area contributed by atoms with E-state index in [1.54, 1.807) is 29.2 Å². The number of hydrogen-bond donors (Lipinski definition) is 2. The summed E-state index contributed by atoms with van der Waals surface area (Å²) >= 11 is 0. The highest BCUT2D eigenvalue weighted by molar-refractivity contribution is 5.99. The van der Waals surface area contributed by atoms with Crippen LogP contribution in [0.3, 0.4) is 0 Å². The maximum Gasteiger partial charge on any atom is 0.410 e. The SMILES string of the molecule is C[NH+]1CCN(C(=O)c2cnn3c2N[C@H](c2ccccc2)C[C@@H]3C(F)(F)F)CC1. The van der Waals surface area contributed by atoms with Gasteiger partial charge in [-0.3, -0.25) is 4.79 Å². The number of piperazine rings is 1. The molecule has 2 atom stereocenters. The molecule has 0 saturated carbocycles. The molecule has 3 heterocycles. The average molecular weight is 394 g/mol. The number of amides is 1. The molecule has 0 unspecified atom stereocenters. The topological polar surface area (TPSA) is 54.6 Å². The quantitative estimate of drug-likeness (QED) is 0.812. The maximum atomic E-state index is 13.7. The van der Waals surface area contributed by atoms with Crippen LogP contribution in [0.1, 0.15) is 34.4 Å². The van der Waals surface area contributed by atoms with Crippen molar-refractivity contribution in [3.8, 4) is 0 Å². The van der Waals surface area contributed by atoms with Crippen LogP contribution < -0.4 is 10.2 Å². The Hall–Kier alpha value is -2.55. The summed E-state index contributed by atoms with van der Waals surface area (Å²) in [5.74, 6) is -0.116. The first kappa shape index (κ1) is 18.8. The molecule has 2 aliphatic heterocycles. The minimum Gasteiger partial charge on any atom is -0.363 e. The fourth-order valence-corrected chi connectivity index (χ4v) is 3.88. The summed E-state index contributed by atoms with van der Waals surface area (Å²) in [4.78, 5) is 16.0. The summed E-state index contributed by atoms with van der Waals surface area (Å²) in [6, 6.07) is 6.69. The molecule has 1 fully saturated rings. The Balaban J connectivity index is 1.68. The predicted molar refractivity (Wildman–Crippen MR) is 97.3 cm³/mol. The van der Waals surface area contributed by atoms with Gasteiger partial charge in [0, 0.05) is 6.42 Å². The second kappa shape index (κ2) is 7.12. The number of alkyl halides is 3. The Bertz CT molecular complexity index is 843. The van der Waals surface area contributed by atoms with Crippen LogP contribution in [0.5, 0.6) is 0 Å². The summed E-state index contributed by atoms with van der Waals surface area (Å²) in [6.45, 7) is 2.81. The van der Waals surface area contributed by atoms with Crippen molar-refractivity contribution in [3.05, 3.63) is 47.7 Å². The number of halogens is 3. The van der Waals surface area contributed by atoms with E-state index in [0.29, 0.717) is 13.1 Å². The van der Waals surface area contributed by atoms with Crippen LogP contribution in [0.4, 0.5) is 19.0 Å². The third-order valence-electron chi connectivity index (χ3n) is 5.57. The van der Waals surface area contributed by atoms with Gasteiger partial charge in [0.15, 0.2) is 6.04 Å². The lowest BCUT2D eigenvalue weighted by molar-refractivity contribution is -0.883. The largest absolute Gasteiger partial charge is 0.410 e. The molecule has 0 bridgehead atoms.